The Kier molecular flexibility index (Phi) is 4.40. The zero-order valence-electron chi connectivity index (χ0n) is 14.4. The maximum Gasteiger partial charge on any atom is 0.243 e. The number of rotatable bonds is 3. The molecule has 1 heterocycles. The highest BCUT2D eigenvalue weighted by Crippen LogP contribution is 2.35. The number of anilines is 1. The van der Waals surface area contributed by atoms with Crippen molar-refractivity contribution < 1.29 is 8.42 Å². The molecular formula is C19H24N2O2S. The van der Waals surface area contributed by atoms with Crippen molar-refractivity contribution in [2.45, 2.75) is 44.6 Å². The first-order chi connectivity index (χ1) is 11.3. The predicted octanol–water partition coefficient (Wildman–Crippen LogP) is 3.73. The van der Waals surface area contributed by atoms with Crippen molar-refractivity contribution in [3.05, 3.63) is 47.5 Å². The minimum Gasteiger partial charge on any atom is -0.399 e. The van der Waals surface area contributed by atoms with Crippen molar-refractivity contribution in [2.75, 3.05) is 12.3 Å². The van der Waals surface area contributed by atoms with Crippen LogP contribution in [0.25, 0.3) is 11.1 Å². The Hall–Kier alpha value is -1.85. The van der Waals surface area contributed by atoms with Gasteiger partial charge >= 0.3 is 0 Å². The van der Waals surface area contributed by atoms with Crippen LogP contribution in [-0.4, -0.2) is 25.3 Å². The quantitative estimate of drug-likeness (QED) is 0.863. The van der Waals surface area contributed by atoms with Crippen molar-refractivity contribution in [1.29, 1.82) is 0 Å². The summed E-state index contributed by atoms with van der Waals surface area (Å²) >= 11 is 0. The van der Waals surface area contributed by atoms with Crippen LogP contribution in [0.2, 0.25) is 0 Å². The number of sulfonamides is 1. The van der Waals surface area contributed by atoms with Gasteiger partial charge < -0.3 is 5.73 Å². The summed E-state index contributed by atoms with van der Waals surface area (Å²) in [6.45, 7) is 6.52. The van der Waals surface area contributed by atoms with E-state index in [2.05, 4.69) is 0 Å². The maximum absolute atomic E-state index is 13.3. The Labute approximate surface area is 144 Å². The molecule has 1 fully saturated rings. The van der Waals surface area contributed by atoms with E-state index >= 15 is 0 Å². The third kappa shape index (κ3) is 2.94. The largest absolute Gasteiger partial charge is 0.399 e. The lowest BCUT2D eigenvalue weighted by Gasteiger charge is -2.23. The Morgan fingerprint density at radius 3 is 2.46 bits per heavy atom. The normalized spacial score (nSPS) is 18.9. The molecule has 0 bridgehead atoms. The van der Waals surface area contributed by atoms with Gasteiger partial charge in [0.2, 0.25) is 10.0 Å². The number of aryl methyl sites for hydroxylation is 2. The fourth-order valence-corrected chi connectivity index (χ4v) is 5.31. The molecule has 2 aromatic rings. The van der Waals surface area contributed by atoms with Crippen LogP contribution in [0.5, 0.6) is 0 Å². The highest BCUT2D eigenvalue weighted by molar-refractivity contribution is 7.89. The summed E-state index contributed by atoms with van der Waals surface area (Å²) in [7, 11) is -3.53. The van der Waals surface area contributed by atoms with Crippen LogP contribution < -0.4 is 5.73 Å². The summed E-state index contributed by atoms with van der Waals surface area (Å²) in [6, 6.07) is 11.2. The molecule has 1 unspecified atom stereocenters. The average Bonchev–Trinajstić information content (AvgIpc) is 2.96. The number of nitrogens with zero attached hydrogens (tertiary/aromatic N) is 1. The van der Waals surface area contributed by atoms with Crippen molar-refractivity contribution in [2.24, 2.45) is 0 Å². The fraction of sp³-hybridized carbons (Fsp3) is 0.368. The van der Waals surface area contributed by atoms with Crippen LogP contribution in [0, 0.1) is 13.8 Å². The zero-order valence-corrected chi connectivity index (χ0v) is 15.2. The van der Waals surface area contributed by atoms with Crippen LogP contribution in [0.15, 0.2) is 41.3 Å². The topological polar surface area (TPSA) is 63.4 Å². The second kappa shape index (κ2) is 6.22. The molecule has 0 spiro atoms. The van der Waals surface area contributed by atoms with Crippen LogP contribution in [0.4, 0.5) is 5.69 Å². The van der Waals surface area contributed by atoms with Gasteiger partial charge in [0.1, 0.15) is 0 Å². The summed E-state index contributed by atoms with van der Waals surface area (Å²) in [6.07, 6.45) is 1.83. The molecule has 24 heavy (non-hydrogen) atoms. The molecule has 4 nitrogen and oxygen atoms in total. The number of hydrogen-bond donors (Lipinski definition) is 1. The molecule has 2 aromatic carbocycles. The van der Waals surface area contributed by atoms with Crippen molar-refractivity contribution >= 4 is 15.7 Å². The Balaban J connectivity index is 2.22. The molecule has 0 saturated carbocycles. The van der Waals surface area contributed by atoms with Crippen LogP contribution >= 0.6 is 0 Å². The van der Waals surface area contributed by atoms with Gasteiger partial charge in [-0.3, -0.25) is 0 Å². The monoisotopic (exact) mass is 344 g/mol. The summed E-state index contributed by atoms with van der Waals surface area (Å²) < 4.78 is 28.2. The van der Waals surface area contributed by atoms with Gasteiger partial charge in [0.15, 0.2) is 0 Å². The fourth-order valence-electron chi connectivity index (χ4n) is 3.33. The predicted molar refractivity (Wildman–Crippen MR) is 98.4 cm³/mol. The van der Waals surface area contributed by atoms with Crippen molar-refractivity contribution in [3.63, 3.8) is 0 Å². The maximum atomic E-state index is 13.3. The molecule has 0 aliphatic carbocycles. The summed E-state index contributed by atoms with van der Waals surface area (Å²) in [5.74, 6) is 0. The van der Waals surface area contributed by atoms with Gasteiger partial charge in [0.25, 0.3) is 0 Å². The molecule has 2 N–H and O–H groups in total. The molecule has 128 valence electrons. The van der Waals surface area contributed by atoms with E-state index in [9.17, 15) is 8.42 Å². The number of nitrogens with two attached hydrogens (primary N) is 1. The highest BCUT2D eigenvalue weighted by atomic mass is 32.2. The third-order valence-electron chi connectivity index (χ3n) is 4.87. The number of benzene rings is 2. The second-order valence-electron chi connectivity index (χ2n) is 6.67. The molecule has 0 amide bonds. The van der Waals surface area contributed by atoms with Gasteiger partial charge in [-0.1, -0.05) is 12.1 Å². The Morgan fingerprint density at radius 1 is 1.12 bits per heavy atom. The number of hydrogen-bond acceptors (Lipinski definition) is 3. The number of nitrogen functional groups attached to an aromatic ring is 1. The molecular weight excluding hydrogens is 320 g/mol. The first kappa shape index (κ1) is 17.0. The van der Waals surface area contributed by atoms with E-state index < -0.39 is 10.0 Å². The summed E-state index contributed by atoms with van der Waals surface area (Å²) in [5, 5.41) is 0. The molecule has 1 aliphatic rings. The highest BCUT2D eigenvalue weighted by Gasteiger charge is 2.34. The summed E-state index contributed by atoms with van der Waals surface area (Å²) in [4.78, 5) is 0.380. The van der Waals surface area contributed by atoms with Crippen LogP contribution in [0.3, 0.4) is 0 Å². The van der Waals surface area contributed by atoms with Crippen LogP contribution in [0.1, 0.15) is 30.9 Å². The standard InChI is InChI=1S/C19H24N2O2S/c1-13-10-18(16-7-4-8-17(20)12-16)19(11-14(13)2)24(22,23)21-9-5-6-15(21)3/h4,7-8,10-12,15H,5-6,9,20H2,1-3H3. The van der Waals surface area contributed by atoms with E-state index in [1.165, 1.54) is 0 Å². The lowest BCUT2D eigenvalue weighted by atomic mass is 10.00. The molecule has 1 aliphatic heterocycles. The van der Waals surface area contributed by atoms with Crippen molar-refractivity contribution in [3.8, 4) is 11.1 Å². The van der Waals surface area contributed by atoms with E-state index in [4.69, 9.17) is 5.73 Å². The average molecular weight is 344 g/mol. The minimum absolute atomic E-state index is 0.0466. The van der Waals surface area contributed by atoms with E-state index in [-0.39, 0.29) is 6.04 Å². The van der Waals surface area contributed by atoms with E-state index in [1.54, 1.807) is 16.4 Å². The summed E-state index contributed by atoms with van der Waals surface area (Å²) in [5.41, 5.74) is 10.1. The third-order valence-corrected chi connectivity index (χ3v) is 6.93. The second-order valence-corrected chi connectivity index (χ2v) is 8.52. The molecule has 0 aromatic heterocycles. The molecule has 5 heteroatoms. The SMILES string of the molecule is Cc1cc(-c2cccc(N)c2)c(S(=O)(=O)N2CCCC2C)cc1C. The zero-order chi connectivity index (χ0) is 17.5. The lowest BCUT2D eigenvalue weighted by Crippen LogP contribution is -2.34. The van der Waals surface area contributed by atoms with Gasteiger partial charge in [0.05, 0.1) is 4.90 Å². The minimum atomic E-state index is -3.53. The van der Waals surface area contributed by atoms with E-state index in [1.807, 2.05) is 45.0 Å². The molecule has 0 radical (unpaired) electrons. The van der Waals surface area contributed by atoms with Gasteiger partial charge in [0, 0.05) is 23.8 Å². The molecule has 3 rings (SSSR count). The first-order valence-corrected chi connectivity index (χ1v) is 9.73. The van der Waals surface area contributed by atoms with Gasteiger partial charge in [-0.2, -0.15) is 4.31 Å². The van der Waals surface area contributed by atoms with Crippen LogP contribution in [-0.2, 0) is 10.0 Å². The molecule has 1 atom stereocenters. The van der Waals surface area contributed by atoms with E-state index in [0.717, 1.165) is 35.1 Å². The smallest absolute Gasteiger partial charge is 0.243 e. The Morgan fingerprint density at radius 2 is 1.83 bits per heavy atom. The lowest BCUT2D eigenvalue weighted by molar-refractivity contribution is 0.408. The van der Waals surface area contributed by atoms with Gasteiger partial charge in [-0.25, -0.2) is 8.42 Å². The first-order valence-electron chi connectivity index (χ1n) is 8.29. The molecule has 1 saturated heterocycles. The van der Waals surface area contributed by atoms with E-state index in [0.29, 0.717) is 17.1 Å². The Bertz CT molecular complexity index is 875. The van der Waals surface area contributed by atoms with Gasteiger partial charge in [-0.05, 0) is 74.6 Å². The van der Waals surface area contributed by atoms with Crippen molar-refractivity contribution in [1.82, 2.24) is 4.31 Å². The van der Waals surface area contributed by atoms with Gasteiger partial charge in [-0.15, -0.1) is 0 Å².